The fourth-order valence-corrected chi connectivity index (χ4v) is 3.35. The number of nitrogens with zero attached hydrogens (tertiary/aromatic N) is 2. The maximum absolute atomic E-state index is 14.0. The predicted octanol–water partition coefficient (Wildman–Crippen LogP) is 2.78. The molecule has 2 bridgehead atoms. The van der Waals surface area contributed by atoms with E-state index in [9.17, 15) is 4.39 Å². The van der Waals surface area contributed by atoms with Gasteiger partial charge in [0.1, 0.15) is 6.33 Å². The molecule has 3 rings (SSSR count). The third-order valence-electron chi connectivity index (χ3n) is 4.26. The van der Waals surface area contributed by atoms with Gasteiger partial charge in [-0.05, 0) is 37.5 Å². The molecule has 3 unspecified atom stereocenters. The van der Waals surface area contributed by atoms with E-state index in [1.54, 1.807) is 0 Å². The lowest BCUT2D eigenvalue weighted by Gasteiger charge is -2.23. The second-order valence-corrected chi connectivity index (χ2v) is 5.26. The molecule has 1 aromatic rings. The third kappa shape index (κ3) is 1.90. The van der Waals surface area contributed by atoms with E-state index in [0.717, 1.165) is 11.8 Å². The van der Waals surface area contributed by atoms with Crippen molar-refractivity contribution in [2.24, 2.45) is 11.8 Å². The summed E-state index contributed by atoms with van der Waals surface area (Å²) in [5.74, 6) is 1.71. The van der Waals surface area contributed by atoms with Crippen molar-refractivity contribution in [3.05, 3.63) is 17.8 Å². The van der Waals surface area contributed by atoms with Crippen molar-refractivity contribution in [3.63, 3.8) is 0 Å². The van der Waals surface area contributed by atoms with Gasteiger partial charge in [-0.3, -0.25) is 0 Å². The first-order valence-corrected chi connectivity index (χ1v) is 6.53. The molecular formula is C13H18FN3. The number of rotatable bonds is 3. The van der Waals surface area contributed by atoms with E-state index < -0.39 is 0 Å². The van der Waals surface area contributed by atoms with E-state index in [1.165, 1.54) is 32.0 Å². The number of nitrogens with one attached hydrogen (secondary N) is 1. The second kappa shape index (κ2) is 4.24. The van der Waals surface area contributed by atoms with Crippen molar-refractivity contribution >= 4 is 5.82 Å². The van der Waals surface area contributed by atoms with Crippen molar-refractivity contribution < 1.29 is 4.39 Å². The van der Waals surface area contributed by atoms with Crippen molar-refractivity contribution in [3.8, 4) is 0 Å². The fraction of sp³-hybridized carbons (Fsp3) is 0.692. The lowest BCUT2D eigenvalue weighted by Crippen LogP contribution is -2.27. The first-order valence-electron chi connectivity index (χ1n) is 6.53. The van der Waals surface area contributed by atoms with Gasteiger partial charge >= 0.3 is 0 Å². The van der Waals surface area contributed by atoms with Crippen LogP contribution < -0.4 is 5.32 Å². The molecule has 0 saturated heterocycles. The van der Waals surface area contributed by atoms with Gasteiger partial charge in [0.2, 0.25) is 0 Å². The van der Waals surface area contributed by atoms with Crippen LogP contribution in [-0.4, -0.2) is 16.0 Å². The van der Waals surface area contributed by atoms with Gasteiger partial charge in [-0.1, -0.05) is 13.3 Å². The minimum Gasteiger partial charge on any atom is -0.365 e. The predicted molar refractivity (Wildman–Crippen MR) is 64.2 cm³/mol. The van der Waals surface area contributed by atoms with Gasteiger partial charge in [0.15, 0.2) is 11.6 Å². The lowest BCUT2D eigenvalue weighted by molar-refractivity contribution is 0.436. The van der Waals surface area contributed by atoms with E-state index in [2.05, 4.69) is 15.3 Å². The maximum Gasteiger partial charge on any atom is 0.186 e. The van der Waals surface area contributed by atoms with Gasteiger partial charge in [0.25, 0.3) is 0 Å². The zero-order valence-electron chi connectivity index (χ0n) is 10.1. The smallest absolute Gasteiger partial charge is 0.186 e. The molecule has 17 heavy (non-hydrogen) atoms. The van der Waals surface area contributed by atoms with E-state index in [-0.39, 0.29) is 5.82 Å². The number of halogens is 1. The second-order valence-electron chi connectivity index (χ2n) is 5.26. The molecule has 0 aliphatic heterocycles. The summed E-state index contributed by atoms with van der Waals surface area (Å²) in [4.78, 5) is 7.99. The van der Waals surface area contributed by atoms with Crippen LogP contribution in [0.2, 0.25) is 0 Å². The molecule has 92 valence electrons. The van der Waals surface area contributed by atoms with Crippen LogP contribution in [0, 0.1) is 17.7 Å². The van der Waals surface area contributed by atoms with Crippen molar-refractivity contribution in [1.82, 2.24) is 9.97 Å². The SMILES string of the molecule is CCc1ncnc(NC2CC3CCC2C3)c1F. The summed E-state index contributed by atoms with van der Waals surface area (Å²) in [7, 11) is 0. The van der Waals surface area contributed by atoms with E-state index in [4.69, 9.17) is 0 Å². The number of hydrogen-bond donors (Lipinski definition) is 1. The van der Waals surface area contributed by atoms with Crippen LogP contribution in [0.25, 0.3) is 0 Å². The Bertz CT molecular complexity index is 421. The average molecular weight is 235 g/mol. The summed E-state index contributed by atoms with van der Waals surface area (Å²) in [5, 5.41) is 3.29. The van der Waals surface area contributed by atoms with Crippen LogP contribution in [0.4, 0.5) is 10.2 Å². The molecular weight excluding hydrogens is 217 g/mol. The molecule has 1 N–H and O–H groups in total. The quantitative estimate of drug-likeness (QED) is 0.875. The Balaban J connectivity index is 1.77. The largest absolute Gasteiger partial charge is 0.365 e. The molecule has 0 amide bonds. The highest BCUT2D eigenvalue weighted by molar-refractivity contribution is 5.39. The summed E-state index contributed by atoms with van der Waals surface area (Å²) < 4.78 is 14.0. The highest BCUT2D eigenvalue weighted by Crippen LogP contribution is 2.45. The number of hydrogen-bond acceptors (Lipinski definition) is 3. The number of fused-ring (bicyclic) bond motifs is 2. The number of aryl methyl sites for hydroxylation is 1. The summed E-state index contributed by atoms with van der Waals surface area (Å²) >= 11 is 0. The summed E-state index contributed by atoms with van der Waals surface area (Å²) in [5.41, 5.74) is 0.505. The lowest BCUT2D eigenvalue weighted by atomic mass is 9.95. The molecule has 2 saturated carbocycles. The number of aromatic nitrogens is 2. The minimum absolute atomic E-state index is 0.266. The van der Waals surface area contributed by atoms with Crippen LogP contribution in [0.3, 0.4) is 0 Å². The molecule has 3 nitrogen and oxygen atoms in total. The van der Waals surface area contributed by atoms with E-state index in [1.807, 2.05) is 6.92 Å². The van der Waals surface area contributed by atoms with Crippen molar-refractivity contribution in [2.75, 3.05) is 5.32 Å². The Morgan fingerprint density at radius 2 is 2.24 bits per heavy atom. The number of anilines is 1. The Morgan fingerprint density at radius 1 is 1.35 bits per heavy atom. The first-order chi connectivity index (χ1) is 8.28. The summed E-state index contributed by atoms with van der Waals surface area (Å²) in [6, 6.07) is 0.419. The molecule has 4 heteroatoms. The molecule has 1 aromatic heterocycles. The molecule has 0 radical (unpaired) electrons. The normalized spacial score (nSPS) is 30.8. The third-order valence-corrected chi connectivity index (χ3v) is 4.26. The van der Waals surface area contributed by atoms with Gasteiger partial charge in [-0.15, -0.1) is 0 Å². The van der Waals surface area contributed by atoms with E-state index in [0.29, 0.717) is 24.0 Å². The minimum atomic E-state index is -0.266. The molecule has 1 heterocycles. The van der Waals surface area contributed by atoms with Crippen molar-refractivity contribution in [1.29, 1.82) is 0 Å². The van der Waals surface area contributed by atoms with Crippen LogP contribution >= 0.6 is 0 Å². The fourth-order valence-electron chi connectivity index (χ4n) is 3.35. The average Bonchev–Trinajstić information content (AvgIpc) is 2.94. The van der Waals surface area contributed by atoms with Crippen molar-refractivity contribution in [2.45, 2.75) is 45.1 Å². The first kappa shape index (κ1) is 10.9. The molecule has 2 aliphatic rings. The Kier molecular flexibility index (Phi) is 2.73. The Hall–Kier alpha value is -1.19. The standard InChI is InChI=1S/C13H18FN3/c1-2-10-12(14)13(16-7-15-10)17-11-6-8-3-4-9(11)5-8/h7-9,11H,2-6H2,1H3,(H,15,16,17). The van der Waals surface area contributed by atoms with Crippen LogP contribution in [0.5, 0.6) is 0 Å². The monoisotopic (exact) mass is 235 g/mol. The maximum atomic E-state index is 14.0. The molecule has 0 aromatic carbocycles. The zero-order chi connectivity index (χ0) is 11.8. The topological polar surface area (TPSA) is 37.8 Å². The Labute approximate surface area is 101 Å². The van der Waals surface area contributed by atoms with Gasteiger partial charge in [-0.25, -0.2) is 14.4 Å². The van der Waals surface area contributed by atoms with E-state index >= 15 is 0 Å². The molecule has 2 aliphatic carbocycles. The highest BCUT2D eigenvalue weighted by atomic mass is 19.1. The van der Waals surface area contributed by atoms with Gasteiger partial charge < -0.3 is 5.32 Å². The molecule has 3 atom stereocenters. The van der Waals surface area contributed by atoms with Gasteiger partial charge in [-0.2, -0.15) is 0 Å². The molecule has 2 fully saturated rings. The molecule has 0 spiro atoms. The summed E-state index contributed by atoms with van der Waals surface area (Å²) in [6.07, 6.45) is 7.20. The Morgan fingerprint density at radius 3 is 2.88 bits per heavy atom. The van der Waals surface area contributed by atoms with Crippen LogP contribution in [0.1, 0.15) is 38.3 Å². The van der Waals surface area contributed by atoms with Crippen LogP contribution in [-0.2, 0) is 6.42 Å². The highest BCUT2D eigenvalue weighted by Gasteiger charge is 2.39. The van der Waals surface area contributed by atoms with Crippen LogP contribution in [0.15, 0.2) is 6.33 Å². The van der Waals surface area contributed by atoms with Gasteiger partial charge in [0.05, 0.1) is 5.69 Å². The zero-order valence-corrected chi connectivity index (χ0v) is 10.1. The summed E-state index contributed by atoms with van der Waals surface area (Å²) in [6.45, 7) is 1.91. The van der Waals surface area contributed by atoms with Gasteiger partial charge in [0, 0.05) is 6.04 Å².